The molecule has 0 heterocycles. The highest BCUT2D eigenvalue weighted by molar-refractivity contribution is 5.80. The van der Waals surface area contributed by atoms with Gasteiger partial charge in [0.15, 0.2) is 17.5 Å². The molecule has 0 atom stereocenters. The smallest absolute Gasteiger partial charge is 0.191 e. The predicted octanol–water partition coefficient (Wildman–Crippen LogP) is 3.34. The minimum atomic E-state index is 0.520. The molecule has 1 saturated carbocycles. The van der Waals surface area contributed by atoms with Gasteiger partial charge >= 0.3 is 0 Å². The van der Waals surface area contributed by atoms with Gasteiger partial charge in [-0.25, -0.2) is 4.99 Å². The Bertz CT molecular complexity index is 537. The van der Waals surface area contributed by atoms with Gasteiger partial charge in [-0.05, 0) is 44.6 Å². The van der Waals surface area contributed by atoms with Crippen molar-refractivity contribution >= 4 is 5.96 Å². The highest BCUT2D eigenvalue weighted by Gasteiger charge is 2.19. The van der Waals surface area contributed by atoms with Crippen LogP contribution in [0.3, 0.4) is 0 Å². The second-order valence-electron chi connectivity index (χ2n) is 6.45. The lowest BCUT2D eigenvalue weighted by Gasteiger charge is -2.28. The van der Waals surface area contributed by atoms with Gasteiger partial charge in [0.25, 0.3) is 0 Å². The standard InChI is InChI=1S/C19H31N3O2/c1-5-20-19(22-16-11-9-14(2)10-12-16)21-13-15-7-6-8-17(23-3)18(15)24-4/h6-8,14,16H,5,9-13H2,1-4H3,(H2,20,21,22). The summed E-state index contributed by atoms with van der Waals surface area (Å²) in [4.78, 5) is 4.74. The third kappa shape index (κ3) is 5.05. The predicted molar refractivity (Wildman–Crippen MR) is 98.9 cm³/mol. The summed E-state index contributed by atoms with van der Waals surface area (Å²) in [5.41, 5.74) is 1.02. The fourth-order valence-electron chi connectivity index (χ4n) is 3.16. The molecule has 0 aliphatic heterocycles. The Labute approximate surface area is 145 Å². The SMILES string of the molecule is CCNC(=NCc1cccc(OC)c1OC)NC1CCC(C)CC1. The Hall–Kier alpha value is -1.91. The Morgan fingerprint density at radius 1 is 1.17 bits per heavy atom. The van der Waals surface area contributed by atoms with Crippen molar-refractivity contribution in [3.8, 4) is 11.5 Å². The van der Waals surface area contributed by atoms with Crippen LogP contribution in [0.5, 0.6) is 11.5 Å². The van der Waals surface area contributed by atoms with Crippen LogP contribution >= 0.6 is 0 Å². The van der Waals surface area contributed by atoms with Crippen molar-refractivity contribution in [3.05, 3.63) is 23.8 Å². The Kier molecular flexibility index (Phi) is 7.22. The van der Waals surface area contributed by atoms with Gasteiger partial charge in [0.05, 0.1) is 20.8 Å². The number of para-hydroxylation sites is 1. The van der Waals surface area contributed by atoms with E-state index in [1.54, 1.807) is 14.2 Å². The third-order valence-electron chi connectivity index (χ3n) is 4.59. The van der Waals surface area contributed by atoms with Crippen LogP contribution in [0.15, 0.2) is 23.2 Å². The summed E-state index contributed by atoms with van der Waals surface area (Å²) < 4.78 is 10.8. The number of hydrogen-bond donors (Lipinski definition) is 2. The largest absolute Gasteiger partial charge is 0.493 e. The number of nitrogens with zero attached hydrogens (tertiary/aromatic N) is 1. The van der Waals surface area contributed by atoms with E-state index in [2.05, 4.69) is 24.5 Å². The Morgan fingerprint density at radius 3 is 2.54 bits per heavy atom. The first-order chi connectivity index (χ1) is 11.7. The average Bonchev–Trinajstić information content (AvgIpc) is 2.61. The zero-order valence-corrected chi connectivity index (χ0v) is 15.4. The fraction of sp³-hybridized carbons (Fsp3) is 0.632. The van der Waals surface area contributed by atoms with Crippen molar-refractivity contribution in [2.75, 3.05) is 20.8 Å². The maximum Gasteiger partial charge on any atom is 0.191 e. The molecule has 0 radical (unpaired) electrons. The molecule has 0 amide bonds. The van der Waals surface area contributed by atoms with Crippen LogP contribution < -0.4 is 20.1 Å². The van der Waals surface area contributed by atoms with Gasteiger partial charge in [0.1, 0.15) is 0 Å². The van der Waals surface area contributed by atoms with Crippen molar-refractivity contribution in [2.45, 2.75) is 52.1 Å². The van der Waals surface area contributed by atoms with E-state index in [1.165, 1.54) is 25.7 Å². The van der Waals surface area contributed by atoms with Crippen molar-refractivity contribution in [1.82, 2.24) is 10.6 Å². The van der Waals surface area contributed by atoms with E-state index >= 15 is 0 Å². The molecule has 0 unspecified atom stereocenters. The summed E-state index contributed by atoms with van der Waals surface area (Å²) in [5.74, 6) is 3.22. The maximum absolute atomic E-state index is 5.49. The zero-order chi connectivity index (χ0) is 17.4. The topological polar surface area (TPSA) is 54.9 Å². The number of aliphatic imine (C=N–C) groups is 1. The van der Waals surface area contributed by atoms with Crippen LogP contribution in [0.25, 0.3) is 0 Å². The highest BCUT2D eigenvalue weighted by Crippen LogP contribution is 2.31. The molecule has 0 spiro atoms. The zero-order valence-electron chi connectivity index (χ0n) is 15.4. The maximum atomic E-state index is 5.49. The van der Waals surface area contributed by atoms with Crippen LogP contribution in [-0.4, -0.2) is 32.8 Å². The lowest BCUT2D eigenvalue weighted by molar-refractivity contribution is 0.329. The van der Waals surface area contributed by atoms with Crippen molar-refractivity contribution < 1.29 is 9.47 Å². The van der Waals surface area contributed by atoms with Crippen LogP contribution in [0, 0.1) is 5.92 Å². The molecule has 0 saturated heterocycles. The molecule has 0 aromatic heterocycles. The summed E-state index contributed by atoms with van der Waals surface area (Å²) in [7, 11) is 3.32. The van der Waals surface area contributed by atoms with Crippen LogP contribution in [0.4, 0.5) is 0 Å². The van der Waals surface area contributed by atoms with Crippen LogP contribution in [0.1, 0.15) is 45.1 Å². The van der Waals surface area contributed by atoms with Gasteiger partial charge in [-0.2, -0.15) is 0 Å². The van der Waals surface area contributed by atoms with E-state index < -0.39 is 0 Å². The van der Waals surface area contributed by atoms with Crippen molar-refractivity contribution in [3.63, 3.8) is 0 Å². The monoisotopic (exact) mass is 333 g/mol. The molecule has 1 aromatic carbocycles. The first-order valence-electron chi connectivity index (χ1n) is 8.92. The molecule has 1 aliphatic carbocycles. The summed E-state index contributed by atoms with van der Waals surface area (Å²) in [5, 5.41) is 6.92. The van der Waals surface area contributed by atoms with E-state index in [9.17, 15) is 0 Å². The second-order valence-corrected chi connectivity index (χ2v) is 6.45. The number of nitrogens with one attached hydrogen (secondary N) is 2. The summed E-state index contributed by atoms with van der Waals surface area (Å²) in [6.45, 7) is 5.83. The minimum Gasteiger partial charge on any atom is -0.493 e. The van der Waals surface area contributed by atoms with Gasteiger partial charge in [0.2, 0.25) is 0 Å². The normalized spacial score (nSPS) is 21.2. The van der Waals surface area contributed by atoms with Gasteiger partial charge in [-0.15, -0.1) is 0 Å². The fourth-order valence-corrected chi connectivity index (χ4v) is 3.16. The van der Waals surface area contributed by atoms with Gasteiger partial charge in [-0.1, -0.05) is 19.1 Å². The number of benzene rings is 1. The molecule has 5 heteroatoms. The molecule has 1 aromatic rings. The molecule has 2 rings (SSSR count). The Balaban J connectivity index is 2.05. The molecule has 2 N–H and O–H groups in total. The molecule has 0 bridgehead atoms. The highest BCUT2D eigenvalue weighted by atomic mass is 16.5. The minimum absolute atomic E-state index is 0.520. The molecule has 1 aliphatic rings. The van der Waals surface area contributed by atoms with Crippen LogP contribution in [0.2, 0.25) is 0 Å². The second kappa shape index (κ2) is 9.40. The average molecular weight is 333 g/mol. The van der Waals surface area contributed by atoms with Gasteiger partial charge in [0, 0.05) is 18.2 Å². The number of hydrogen-bond acceptors (Lipinski definition) is 3. The van der Waals surface area contributed by atoms with E-state index in [0.717, 1.165) is 35.5 Å². The first-order valence-corrected chi connectivity index (χ1v) is 8.92. The van der Waals surface area contributed by atoms with E-state index in [4.69, 9.17) is 14.5 Å². The van der Waals surface area contributed by atoms with Crippen molar-refractivity contribution in [2.24, 2.45) is 10.9 Å². The lowest BCUT2D eigenvalue weighted by Crippen LogP contribution is -2.44. The number of ether oxygens (including phenoxy) is 2. The van der Waals surface area contributed by atoms with E-state index in [1.807, 2.05) is 18.2 Å². The van der Waals surface area contributed by atoms with E-state index in [0.29, 0.717) is 12.6 Å². The number of guanidine groups is 1. The third-order valence-corrected chi connectivity index (χ3v) is 4.59. The first kappa shape index (κ1) is 18.4. The summed E-state index contributed by atoms with van der Waals surface area (Å²) in [6, 6.07) is 6.41. The van der Waals surface area contributed by atoms with Gasteiger partial charge < -0.3 is 20.1 Å². The summed E-state index contributed by atoms with van der Waals surface area (Å²) in [6.07, 6.45) is 5.02. The lowest BCUT2D eigenvalue weighted by atomic mass is 9.87. The molecular weight excluding hydrogens is 302 g/mol. The molecule has 24 heavy (non-hydrogen) atoms. The van der Waals surface area contributed by atoms with Crippen LogP contribution in [-0.2, 0) is 6.54 Å². The molecule has 134 valence electrons. The summed E-state index contributed by atoms with van der Waals surface area (Å²) >= 11 is 0. The van der Waals surface area contributed by atoms with E-state index in [-0.39, 0.29) is 0 Å². The molecule has 1 fully saturated rings. The molecule has 5 nitrogen and oxygen atoms in total. The number of rotatable bonds is 6. The van der Waals surface area contributed by atoms with Crippen molar-refractivity contribution in [1.29, 1.82) is 0 Å². The quantitative estimate of drug-likeness (QED) is 0.619. The van der Waals surface area contributed by atoms with Gasteiger partial charge in [-0.3, -0.25) is 0 Å². The Morgan fingerprint density at radius 2 is 1.92 bits per heavy atom. The number of methoxy groups -OCH3 is 2. The molecular formula is C19H31N3O2.